The van der Waals surface area contributed by atoms with E-state index in [0.717, 1.165) is 11.8 Å². The van der Waals surface area contributed by atoms with Crippen molar-refractivity contribution in [3.05, 3.63) is 47.8 Å². The van der Waals surface area contributed by atoms with E-state index in [1.54, 1.807) is 25.3 Å². The molecule has 0 N–H and O–H groups in total. The molecule has 0 saturated heterocycles. The molecule has 0 amide bonds. The Balaban J connectivity index is 1.98. The smallest absolute Gasteiger partial charge is 0.240 e. The second-order valence-electron chi connectivity index (χ2n) is 7.29. The number of anilines is 1. The third kappa shape index (κ3) is 4.32. The maximum atomic E-state index is 13.1. The van der Waals surface area contributed by atoms with Crippen LogP contribution < -0.4 is 9.04 Å². The van der Waals surface area contributed by atoms with Crippen LogP contribution in [0.1, 0.15) is 43.9 Å². The Bertz CT molecular complexity index is 925. The SMILES string of the molecule is COc1ccc(CN(c2nccc(C(C=O)C(C)C)n2)S(=O)(=O)C2CC2)cc1. The zero-order valence-corrected chi connectivity index (χ0v) is 17.1. The van der Waals surface area contributed by atoms with E-state index in [2.05, 4.69) is 9.97 Å². The van der Waals surface area contributed by atoms with E-state index in [0.29, 0.717) is 24.3 Å². The van der Waals surface area contributed by atoms with Crippen LogP contribution in [0.3, 0.4) is 0 Å². The summed E-state index contributed by atoms with van der Waals surface area (Å²) in [5, 5.41) is -0.398. The van der Waals surface area contributed by atoms with Crippen LogP contribution in [0.25, 0.3) is 0 Å². The standard InChI is InChI=1S/C20H25N3O4S/c1-14(2)18(13-24)19-10-11-21-20(22-19)23(28(25,26)17-8-9-17)12-15-4-6-16(27-3)7-5-15/h4-7,10-11,13-14,17-18H,8-9,12H2,1-3H3. The monoisotopic (exact) mass is 403 g/mol. The summed E-state index contributed by atoms with van der Waals surface area (Å²) < 4.78 is 32.5. The Morgan fingerprint density at radius 2 is 1.89 bits per heavy atom. The molecule has 2 aromatic rings. The number of hydrogen-bond acceptors (Lipinski definition) is 6. The summed E-state index contributed by atoms with van der Waals surface area (Å²) in [7, 11) is -2.00. The number of hydrogen-bond donors (Lipinski definition) is 0. The Kier molecular flexibility index (Phi) is 5.98. The van der Waals surface area contributed by atoms with Crippen LogP contribution >= 0.6 is 0 Å². The molecule has 0 radical (unpaired) electrons. The topological polar surface area (TPSA) is 89.5 Å². The molecule has 150 valence electrons. The molecule has 1 unspecified atom stereocenters. The number of carbonyl (C=O) groups is 1. The van der Waals surface area contributed by atoms with Gasteiger partial charge in [0.25, 0.3) is 0 Å². The van der Waals surface area contributed by atoms with Crippen LogP contribution in [0.2, 0.25) is 0 Å². The molecule has 1 heterocycles. The quantitative estimate of drug-likeness (QED) is 0.598. The number of nitrogens with zero attached hydrogens (tertiary/aromatic N) is 3. The Morgan fingerprint density at radius 1 is 1.21 bits per heavy atom. The van der Waals surface area contributed by atoms with Crippen molar-refractivity contribution in [2.75, 3.05) is 11.4 Å². The Labute approximate surface area is 165 Å². The van der Waals surface area contributed by atoms with Crippen molar-refractivity contribution in [3.8, 4) is 5.75 Å². The van der Waals surface area contributed by atoms with Crippen LogP contribution in [0.4, 0.5) is 5.95 Å². The molecule has 1 fully saturated rings. The Morgan fingerprint density at radius 3 is 2.43 bits per heavy atom. The fourth-order valence-corrected chi connectivity index (χ4v) is 4.69. The molecule has 1 saturated carbocycles. The number of rotatable bonds is 9. The van der Waals surface area contributed by atoms with Crippen LogP contribution in [-0.2, 0) is 21.4 Å². The highest BCUT2D eigenvalue weighted by Gasteiger charge is 2.41. The van der Waals surface area contributed by atoms with Gasteiger partial charge in [0.1, 0.15) is 12.0 Å². The lowest BCUT2D eigenvalue weighted by Gasteiger charge is -2.24. The van der Waals surface area contributed by atoms with Crippen molar-refractivity contribution in [1.29, 1.82) is 0 Å². The van der Waals surface area contributed by atoms with E-state index in [1.807, 2.05) is 26.0 Å². The van der Waals surface area contributed by atoms with Gasteiger partial charge in [0.05, 0.1) is 30.5 Å². The first kappa shape index (κ1) is 20.3. The van der Waals surface area contributed by atoms with Gasteiger partial charge in [-0.3, -0.25) is 0 Å². The summed E-state index contributed by atoms with van der Waals surface area (Å²) in [6.07, 6.45) is 3.65. The van der Waals surface area contributed by atoms with Crippen molar-refractivity contribution < 1.29 is 17.9 Å². The lowest BCUT2D eigenvalue weighted by Crippen LogP contribution is -2.35. The maximum absolute atomic E-state index is 13.1. The van der Waals surface area contributed by atoms with Gasteiger partial charge in [0.2, 0.25) is 16.0 Å². The first-order valence-corrected chi connectivity index (χ1v) is 10.8. The van der Waals surface area contributed by atoms with Crippen molar-refractivity contribution in [2.45, 2.75) is 44.4 Å². The third-order valence-electron chi connectivity index (χ3n) is 4.83. The van der Waals surface area contributed by atoms with E-state index in [9.17, 15) is 13.2 Å². The molecule has 3 rings (SSSR count). The summed E-state index contributed by atoms with van der Waals surface area (Å²) in [5.41, 5.74) is 1.33. The van der Waals surface area contributed by atoms with Crippen molar-refractivity contribution >= 4 is 22.3 Å². The van der Waals surface area contributed by atoms with Gasteiger partial charge in [0.15, 0.2) is 0 Å². The fourth-order valence-electron chi connectivity index (χ4n) is 2.95. The number of sulfonamides is 1. The second kappa shape index (κ2) is 8.26. The number of carbonyl (C=O) groups excluding carboxylic acids is 1. The lowest BCUT2D eigenvalue weighted by molar-refractivity contribution is -0.109. The minimum atomic E-state index is -3.58. The highest BCUT2D eigenvalue weighted by molar-refractivity contribution is 7.93. The van der Waals surface area contributed by atoms with Gasteiger partial charge in [-0.05, 0) is 42.5 Å². The third-order valence-corrected chi connectivity index (χ3v) is 7.05. The summed E-state index contributed by atoms with van der Waals surface area (Å²) in [6.45, 7) is 3.98. The van der Waals surface area contributed by atoms with E-state index in [-0.39, 0.29) is 18.4 Å². The van der Waals surface area contributed by atoms with E-state index < -0.39 is 21.2 Å². The first-order chi connectivity index (χ1) is 13.4. The fraction of sp³-hybridized carbons (Fsp3) is 0.450. The minimum Gasteiger partial charge on any atom is -0.497 e. The molecular formula is C20H25N3O4S. The zero-order valence-electron chi connectivity index (χ0n) is 16.3. The first-order valence-electron chi connectivity index (χ1n) is 9.29. The number of aromatic nitrogens is 2. The lowest BCUT2D eigenvalue weighted by atomic mass is 9.94. The largest absolute Gasteiger partial charge is 0.497 e. The summed E-state index contributed by atoms with van der Waals surface area (Å²) in [4.78, 5) is 20.2. The van der Waals surface area contributed by atoms with Crippen LogP contribution in [0.15, 0.2) is 36.5 Å². The molecule has 7 nitrogen and oxygen atoms in total. The number of aldehydes is 1. The molecular weight excluding hydrogens is 378 g/mol. The van der Waals surface area contributed by atoms with Gasteiger partial charge in [-0.25, -0.2) is 22.7 Å². The average molecular weight is 404 g/mol. The minimum absolute atomic E-state index is 0.0512. The van der Waals surface area contributed by atoms with Crippen LogP contribution in [0.5, 0.6) is 5.75 Å². The highest BCUT2D eigenvalue weighted by atomic mass is 32.2. The van der Waals surface area contributed by atoms with Gasteiger partial charge in [-0.1, -0.05) is 26.0 Å². The molecule has 1 aromatic carbocycles. The number of ether oxygens (including phenoxy) is 1. The molecule has 28 heavy (non-hydrogen) atoms. The molecule has 0 aliphatic heterocycles. The molecule has 8 heteroatoms. The maximum Gasteiger partial charge on any atom is 0.240 e. The van der Waals surface area contributed by atoms with Gasteiger partial charge in [-0.15, -0.1) is 0 Å². The Hall–Kier alpha value is -2.48. The predicted octanol–water partition coefficient (Wildman–Crippen LogP) is 2.92. The van der Waals surface area contributed by atoms with E-state index in [1.165, 1.54) is 10.5 Å². The van der Waals surface area contributed by atoms with E-state index >= 15 is 0 Å². The zero-order chi connectivity index (χ0) is 20.3. The summed E-state index contributed by atoms with van der Waals surface area (Å²) in [5.74, 6) is 0.445. The molecule has 1 aliphatic rings. The molecule has 1 aromatic heterocycles. The number of methoxy groups -OCH3 is 1. The van der Waals surface area contributed by atoms with Crippen LogP contribution in [0, 0.1) is 5.92 Å². The second-order valence-corrected chi connectivity index (χ2v) is 9.42. The van der Waals surface area contributed by atoms with E-state index in [4.69, 9.17) is 4.74 Å². The van der Waals surface area contributed by atoms with Gasteiger partial charge < -0.3 is 9.53 Å². The molecule has 0 bridgehead atoms. The van der Waals surface area contributed by atoms with Gasteiger partial charge in [0, 0.05) is 6.20 Å². The predicted molar refractivity (Wildman–Crippen MR) is 107 cm³/mol. The van der Waals surface area contributed by atoms with Gasteiger partial charge >= 0.3 is 0 Å². The average Bonchev–Trinajstić information content (AvgIpc) is 3.53. The summed E-state index contributed by atoms with van der Waals surface area (Å²) in [6, 6.07) is 8.88. The molecule has 0 spiro atoms. The van der Waals surface area contributed by atoms with Crippen molar-refractivity contribution in [3.63, 3.8) is 0 Å². The molecule has 1 aliphatic carbocycles. The number of benzene rings is 1. The molecule has 1 atom stereocenters. The van der Waals surface area contributed by atoms with Gasteiger partial charge in [-0.2, -0.15) is 0 Å². The van der Waals surface area contributed by atoms with Crippen molar-refractivity contribution in [2.24, 2.45) is 5.92 Å². The summed E-state index contributed by atoms with van der Waals surface area (Å²) >= 11 is 0. The van der Waals surface area contributed by atoms with Crippen molar-refractivity contribution in [1.82, 2.24) is 9.97 Å². The highest BCUT2D eigenvalue weighted by Crippen LogP contribution is 2.34. The van der Waals surface area contributed by atoms with Crippen LogP contribution in [-0.4, -0.2) is 37.0 Å². The normalized spacial score (nSPS) is 15.3.